The molecule has 0 bridgehead atoms. The van der Waals surface area contributed by atoms with Crippen LogP contribution < -0.4 is 5.32 Å². The number of carbonyl (C=O) groups excluding carboxylic acids is 1. The normalized spacial score (nSPS) is 11.0. The van der Waals surface area contributed by atoms with Gasteiger partial charge in [-0.3, -0.25) is 14.7 Å². The number of carbonyl (C=O) groups is 1. The fourth-order valence-electron chi connectivity index (χ4n) is 3.32. The third kappa shape index (κ3) is 6.74. The lowest BCUT2D eigenvalue weighted by Crippen LogP contribution is -2.24. The third-order valence-corrected chi connectivity index (χ3v) is 5.82. The van der Waals surface area contributed by atoms with Crippen LogP contribution in [0.1, 0.15) is 32.2 Å². The van der Waals surface area contributed by atoms with Crippen molar-refractivity contribution >= 4 is 17.2 Å². The highest BCUT2D eigenvalue weighted by Gasteiger charge is 2.15. The summed E-state index contributed by atoms with van der Waals surface area (Å²) in [5, 5.41) is 5.39. The maximum Gasteiger partial charge on any atom is 0.271 e. The maximum absolute atomic E-state index is 13.3. The number of nitrogens with zero attached hydrogens (tertiary/aromatic N) is 3. The first-order chi connectivity index (χ1) is 16.0. The molecule has 1 N–H and O–H groups in total. The highest BCUT2D eigenvalue weighted by Crippen LogP contribution is 2.18. The number of amides is 1. The van der Waals surface area contributed by atoms with Gasteiger partial charge in [0.15, 0.2) is 0 Å². The van der Waals surface area contributed by atoms with E-state index in [-0.39, 0.29) is 17.5 Å². The molecule has 0 atom stereocenters. The van der Waals surface area contributed by atoms with Crippen LogP contribution in [0.3, 0.4) is 0 Å². The van der Waals surface area contributed by atoms with Crippen LogP contribution in [0.15, 0.2) is 78.4 Å². The number of nitrogens with one attached hydrogen (secondary N) is 1. The second-order valence-electron chi connectivity index (χ2n) is 7.56. The molecule has 0 saturated carbocycles. The Hall–Kier alpha value is -3.49. The quantitative estimate of drug-likeness (QED) is 0.381. The molecule has 0 radical (unpaired) electrons. The predicted molar refractivity (Wildman–Crippen MR) is 123 cm³/mol. The van der Waals surface area contributed by atoms with Crippen molar-refractivity contribution in [1.82, 2.24) is 20.2 Å². The van der Waals surface area contributed by atoms with E-state index < -0.39 is 0 Å². The molecular weight excluding hydrogens is 442 g/mol. The summed E-state index contributed by atoms with van der Waals surface area (Å²) in [6, 6.07) is 16.4. The van der Waals surface area contributed by atoms with Gasteiger partial charge in [0.05, 0.1) is 6.54 Å². The fourth-order valence-corrected chi connectivity index (χ4v) is 4.13. The van der Waals surface area contributed by atoms with Crippen molar-refractivity contribution in [3.05, 3.63) is 117 Å². The Labute approximate surface area is 194 Å². The van der Waals surface area contributed by atoms with Gasteiger partial charge in [0, 0.05) is 37.4 Å². The van der Waals surface area contributed by atoms with E-state index in [1.807, 2.05) is 12.1 Å². The van der Waals surface area contributed by atoms with Crippen molar-refractivity contribution < 1.29 is 13.6 Å². The topological polar surface area (TPSA) is 58.1 Å². The largest absolute Gasteiger partial charge is 0.347 e. The minimum absolute atomic E-state index is 0.238. The molecule has 2 heterocycles. The highest BCUT2D eigenvalue weighted by atomic mass is 32.1. The average molecular weight is 465 g/mol. The number of halogens is 2. The van der Waals surface area contributed by atoms with Crippen molar-refractivity contribution in [2.45, 2.75) is 26.2 Å². The van der Waals surface area contributed by atoms with Crippen LogP contribution in [0.25, 0.3) is 0 Å². The van der Waals surface area contributed by atoms with Crippen LogP contribution in [-0.2, 0) is 26.2 Å². The van der Waals surface area contributed by atoms with Crippen LogP contribution in [0.4, 0.5) is 8.78 Å². The number of hydrogen-bond acceptors (Lipinski definition) is 5. The van der Waals surface area contributed by atoms with Gasteiger partial charge in [-0.15, -0.1) is 11.3 Å². The third-order valence-electron chi connectivity index (χ3n) is 4.98. The van der Waals surface area contributed by atoms with Crippen molar-refractivity contribution in [3.8, 4) is 0 Å². The first-order valence-corrected chi connectivity index (χ1v) is 11.3. The lowest BCUT2D eigenvalue weighted by molar-refractivity contribution is 0.0946. The molecule has 0 saturated heterocycles. The number of hydrogen-bond donors (Lipinski definition) is 1. The van der Waals surface area contributed by atoms with Crippen molar-refractivity contribution in [2.24, 2.45) is 0 Å². The Morgan fingerprint density at radius 2 is 1.39 bits per heavy atom. The number of rotatable bonds is 9. The SMILES string of the molecule is O=C(NCc1ccncc1)c1csc(CN(Cc2ccc(F)cc2)Cc2ccc(F)cc2)n1. The Morgan fingerprint density at radius 1 is 0.818 bits per heavy atom. The summed E-state index contributed by atoms with van der Waals surface area (Å²) in [5.41, 5.74) is 3.22. The van der Waals surface area contributed by atoms with Crippen molar-refractivity contribution in [1.29, 1.82) is 0 Å². The molecule has 0 aliphatic heterocycles. The molecule has 0 aliphatic carbocycles. The molecule has 0 aliphatic rings. The van der Waals surface area contributed by atoms with Gasteiger partial charge in [-0.2, -0.15) is 0 Å². The molecule has 5 nitrogen and oxygen atoms in total. The van der Waals surface area contributed by atoms with Gasteiger partial charge >= 0.3 is 0 Å². The van der Waals surface area contributed by atoms with Crippen LogP contribution >= 0.6 is 11.3 Å². The van der Waals surface area contributed by atoms with E-state index in [4.69, 9.17) is 0 Å². The smallest absolute Gasteiger partial charge is 0.271 e. The monoisotopic (exact) mass is 464 g/mol. The Morgan fingerprint density at radius 3 is 1.97 bits per heavy atom. The molecule has 0 fully saturated rings. The number of pyridine rings is 1. The second-order valence-corrected chi connectivity index (χ2v) is 8.51. The lowest BCUT2D eigenvalue weighted by atomic mass is 10.1. The van der Waals surface area contributed by atoms with E-state index in [0.29, 0.717) is 31.9 Å². The summed E-state index contributed by atoms with van der Waals surface area (Å²) >= 11 is 1.41. The van der Waals surface area contributed by atoms with E-state index in [1.165, 1.54) is 35.6 Å². The molecule has 0 spiro atoms. The van der Waals surface area contributed by atoms with Crippen molar-refractivity contribution in [2.75, 3.05) is 0 Å². The zero-order valence-electron chi connectivity index (χ0n) is 17.7. The molecule has 8 heteroatoms. The summed E-state index contributed by atoms with van der Waals surface area (Å²) in [6.45, 7) is 2.01. The lowest BCUT2D eigenvalue weighted by Gasteiger charge is -2.21. The van der Waals surface area contributed by atoms with Gasteiger partial charge in [0.1, 0.15) is 22.3 Å². The number of thiazole rings is 1. The summed E-state index contributed by atoms with van der Waals surface area (Å²) in [5.74, 6) is -0.810. The highest BCUT2D eigenvalue weighted by molar-refractivity contribution is 7.09. The van der Waals surface area contributed by atoms with Crippen molar-refractivity contribution in [3.63, 3.8) is 0 Å². The minimum Gasteiger partial charge on any atom is -0.347 e. The maximum atomic E-state index is 13.3. The Kier molecular flexibility index (Phi) is 7.49. The van der Waals surface area contributed by atoms with Gasteiger partial charge in [-0.1, -0.05) is 24.3 Å². The molecule has 0 unspecified atom stereocenters. The minimum atomic E-state index is -0.286. The molecule has 168 valence electrons. The average Bonchev–Trinajstić information content (AvgIpc) is 3.30. The zero-order chi connectivity index (χ0) is 23.0. The van der Waals surface area contributed by atoms with Gasteiger partial charge < -0.3 is 5.32 Å². The summed E-state index contributed by atoms with van der Waals surface area (Å²) in [4.78, 5) is 23.1. The summed E-state index contributed by atoms with van der Waals surface area (Å²) in [7, 11) is 0. The molecule has 4 rings (SSSR count). The van der Waals surface area contributed by atoms with E-state index >= 15 is 0 Å². The fraction of sp³-hybridized carbons (Fsp3) is 0.160. The predicted octanol–water partition coefficient (Wildman–Crippen LogP) is 4.95. The van der Waals surface area contributed by atoms with Gasteiger partial charge in [-0.05, 0) is 53.1 Å². The van der Waals surface area contributed by atoms with Gasteiger partial charge in [0.2, 0.25) is 0 Å². The molecular formula is C25H22F2N4OS. The van der Waals surface area contributed by atoms with Crippen LogP contribution in [0.2, 0.25) is 0 Å². The van der Waals surface area contributed by atoms with Gasteiger partial charge in [0.25, 0.3) is 5.91 Å². The second kappa shape index (κ2) is 10.9. The van der Waals surface area contributed by atoms with Crippen LogP contribution in [0.5, 0.6) is 0 Å². The number of benzene rings is 2. The molecule has 2 aromatic heterocycles. The summed E-state index contributed by atoms with van der Waals surface area (Å²) in [6.07, 6.45) is 3.36. The van der Waals surface area contributed by atoms with E-state index in [2.05, 4.69) is 20.2 Å². The first kappa shape index (κ1) is 22.7. The van der Waals surface area contributed by atoms with Crippen LogP contribution in [-0.4, -0.2) is 20.8 Å². The first-order valence-electron chi connectivity index (χ1n) is 10.4. The van der Waals surface area contributed by atoms with E-state index in [1.54, 1.807) is 42.0 Å². The van der Waals surface area contributed by atoms with E-state index in [9.17, 15) is 13.6 Å². The molecule has 2 aromatic carbocycles. The molecule has 4 aromatic rings. The zero-order valence-corrected chi connectivity index (χ0v) is 18.6. The van der Waals surface area contributed by atoms with Gasteiger partial charge in [-0.25, -0.2) is 13.8 Å². The molecule has 33 heavy (non-hydrogen) atoms. The van der Waals surface area contributed by atoms with Crippen LogP contribution in [0, 0.1) is 11.6 Å². The Bertz CT molecular complexity index is 1130. The van der Waals surface area contributed by atoms with E-state index in [0.717, 1.165) is 21.7 Å². The Balaban J connectivity index is 1.43. The summed E-state index contributed by atoms with van der Waals surface area (Å²) < 4.78 is 26.6. The standard InChI is InChI=1S/C25H22F2N4OS/c26-21-5-1-19(2-6-21)14-31(15-20-3-7-22(27)8-4-20)16-24-30-23(17-33-24)25(32)29-13-18-9-11-28-12-10-18/h1-12,17H,13-16H2,(H,29,32). The molecule has 1 amide bonds. The number of aromatic nitrogens is 2.